The van der Waals surface area contributed by atoms with Crippen molar-refractivity contribution in [3.63, 3.8) is 0 Å². The lowest BCUT2D eigenvalue weighted by Crippen LogP contribution is -2.26. The van der Waals surface area contributed by atoms with E-state index in [2.05, 4.69) is 13.0 Å². The summed E-state index contributed by atoms with van der Waals surface area (Å²) >= 11 is 0. The number of furan rings is 1. The van der Waals surface area contributed by atoms with E-state index in [9.17, 15) is 4.79 Å². The van der Waals surface area contributed by atoms with Crippen molar-refractivity contribution in [1.29, 1.82) is 0 Å². The molecule has 0 atom stereocenters. The molecule has 3 aromatic rings. The first-order chi connectivity index (χ1) is 12.1. The van der Waals surface area contributed by atoms with Gasteiger partial charge in [0.1, 0.15) is 11.3 Å². The molecule has 0 aliphatic heterocycles. The number of fused-ring (bicyclic) bond motifs is 1. The van der Waals surface area contributed by atoms with Crippen molar-refractivity contribution >= 4 is 22.6 Å². The van der Waals surface area contributed by atoms with Gasteiger partial charge in [0.15, 0.2) is 0 Å². The van der Waals surface area contributed by atoms with Gasteiger partial charge in [0.25, 0.3) is 0 Å². The van der Waals surface area contributed by atoms with Crippen LogP contribution in [0.4, 0.5) is 5.69 Å². The summed E-state index contributed by atoms with van der Waals surface area (Å²) in [7, 11) is 1.85. The largest absolute Gasteiger partial charge is 0.461 e. The molecule has 0 aliphatic carbocycles. The monoisotopic (exact) mass is 336 g/mol. The molecular formula is C21H24N2O2. The zero-order valence-electron chi connectivity index (χ0n) is 14.8. The van der Waals surface area contributed by atoms with Gasteiger partial charge in [-0.25, -0.2) is 0 Å². The number of amides is 1. The molecule has 130 valence electrons. The van der Waals surface area contributed by atoms with Crippen LogP contribution in [-0.2, 0) is 24.2 Å². The first-order valence-corrected chi connectivity index (χ1v) is 8.66. The summed E-state index contributed by atoms with van der Waals surface area (Å²) in [6.45, 7) is 2.63. The van der Waals surface area contributed by atoms with Gasteiger partial charge >= 0.3 is 0 Å². The predicted octanol–water partition coefficient (Wildman–Crippen LogP) is 4.17. The van der Waals surface area contributed by atoms with Gasteiger partial charge in [-0.3, -0.25) is 4.79 Å². The van der Waals surface area contributed by atoms with Crippen LogP contribution in [0.2, 0.25) is 0 Å². The number of carbonyl (C=O) groups excluding carboxylic acids is 1. The molecule has 0 fully saturated rings. The number of carbonyl (C=O) groups is 1. The molecular weight excluding hydrogens is 312 g/mol. The Kier molecular flexibility index (Phi) is 5.08. The standard InChI is InChI=1S/C21H24N2O2/c1-3-19-17(16-9-5-7-11-20(16)25-19)14-23(2)21(24)13-12-15-8-4-6-10-18(15)22/h4-11H,3,12-14,22H2,1-2H3. The summed E-state index contributed by atoms with van der Waals surface area (Å²) in [5, 5.41) is 1.09. The number of nitrogen functional groups attached to an aromatic ring is 1. The van der Waals surface area contributed by atoms with Crippen molar-refractivity contribution in [3.8, 4) is 0 Å². The summed E-state index contributed by atoms with van der Waals surface area (Å²) in [6.07, 6.45) is 1.91. The maximum absolute atomic E-state index is 12.5. The molecule has 4 heteroatoms. The quantitative estimate of drug-likeness (QED) is 0.687. The summed E-state index contributed by atoms with van der Waals surface area (Å²) in [4.78, 5) is 14.3. The van der Waals surface area contributed by atoms with E-state index in [4.69, 9.17) is 10.2 Å². The molecule has 4 nitrogen and oxygen atoms in total. The fourth-order valence-electron chi connectivity index (χ4n) is 3.13. The van der Waals surface area contributed by atoms with Crippen LogP contribution < -0.4 is 5.73 Å². The Balaban J connectivity index is 1.70. The second-order valence-corrected chi connectivity index (χ2v) is 6.30. The molecule has 0 spiro atoms. The second kappa shape index (κ2) is 7.43. The average molecular weight is 336 g/mol. The Morgan fingerprint density at radius 1 is 1.12 bits per heavy atom. The number of anilines is 1. The summed E-state index contributed by atoms with van der Waals surface area (Å²) in [5.74, 6) is 1.06. The van der Waals surface area contributed by atoms with E-state index in [-0.39, 0.29) is 5.91 Å². The third-order valence-electron chi connectivity index (χ3n) is 4.59. The molecule has 0 aliphatic rings. The van der Waals surface area contributed by atoms with Crippen LogP contribution in [0.3, 0.4) is 0 Å². The van der Waals surface area contributed by atoms with Crippen molar-refractivity contribution in [1.82, 2.24) is 4.90 Å². The highest BCUT2D eigenvalue weighted by Crippen LogP contribution is 2.27. The Hall–Kier alpha value is -2.75. The number of benzene rings is 2. The third kappa shape index (κ3) is 3.68. The highest BCUT2D eigenvalue weighted by molar-refractivity contribution is 5.83. The molecule has 1 heterocycles. The lowest BCUT2D eigenvalue weighted by molar-refractivity contribution is -0.130. The molecule has 25 heavy (non-hydrogen) atoms. The summed E-state index contributed by atoms with van der Waals surface area (Å²) in [5.41, 5.74) is 9.71. The lowest BCUT2D eigenvalue weighted by Gasteiger charge is -2.17. The normalized spacial score (nSPS) is 11.0. The van der Waals surface area contributed by atoms with Gasteiger partial charge in [0.05, 0.1) is 0 Å². The molecule has 1 aromatic heterocycles. The van der Waals surface area contributed by atoms with Crippen LogP contribution in [0.15, 0.2) is 52.9 Å². The van der Waals surface area contributed by atoms with Gasteiger partial charge in [0, 0.05) is 43.1 Å². The summed E-state index contributed by atoms with van der Waals surface area (Å²) < 4.78 is 5.92. The van der Waals surface area contributed by atoms with Crippen molar-refractivity contribution in [2.45, 2.75) is 32.7 Å². The van der Waals surface area contributed by atoms with Crippen LogP contribution in [0.1, 0.15) is 30.2 Å². The smallest absolute Gasteiger partial charge is 0.222 e. The van der Waals surface area contributed by atoms with Gasteiger partial charge in [-0.1, -0.05) is 43.3 Å². The summed E-state index contributed by atoms with van der Waals surface area (Å²) in [6, 6.07) is 15.7. The predicted molar refractivity (Wildman–Crippen MR) is 101 cm³/mol. The van der Waals surface area contributed by atoms with Crippen molar-refractivity contribution < 1.29 is 9.21 Å². The van der Waals surface area contributed by atoms with E-state index in [0.717, 1.165) is 40.0 Å². The number of hydrogen-bond acceptors (Lipinski definition) is 3. The van der Waals surface area contributed by atoms with Gasteiger partial charge in [0.2, 0.25) is 5.91 Å². The van der Waals surface area contributed by atoms with Crippen LogP contribution in [0.5, 0.6) is 0 Å². The number of para-hydroxylation sites is 2. The fraction of sp³-hybridized carbons (Fsp3) is 0.286. The lowest BCUT2D eigenvalue weighted by atomic mass is 10.1. The van der Waals surface area contributed by atoms with Crippen LogP contribution in [-0.4, -0.2) is 17.9 Å². The van der Waals surface area contributed by atoms with Gasteiger partial charge in [-0.2, -0.15) is 0 Å². The van der Waals surface area contributed by atoms with Crippen molar-refractivity contribution in [3.05, 3.63) is 65.4 Å². The van der Waals surface area contributed by atoms with E-state index in [1.165, 1.54) is 0 Å². The topological polar surface area (TPSA) is 59.5 Å². The number of nitrogens with zero attached hydrogens (tertiary/aromatic N) is 1. The molecule has 0 unspecified atom stereocenters. The Morgan fingerprint density at radius 3 is 2.60 bits per heavy atom. The minimum atomic E-state index is 0.107. The third-order valence-corrected chi connectivity index (χ3v) is 4.59. The van der Waals surface area contributed by atoms with E-state index in [1.54, 1.807) is 4.90 Å². The van der Waals surface area contributed by atoms with Crippen LogP contribution in [0.25, 0.3) is 11.0 Å². The average Bonchev–Trinajstić information content (AvgIpc) is 2.98. The molecule has 3 rings (SSSR count). The molecule has 2 N–H and O–H groups in total. The van der Waals surface area contributed by atoms with Crippen LogP contribution >= 0.6 is 0 Å². The van der Waals surface area contributed by atoms with E-state index < -0.39 is 0 Å². The second-order valence-electron chi connectivity index (χ2n) is 6.30. The molecule has 0 saturated heterocycles. The van der Waals surface area contributed by atoms with E-state index in [0.29, 0.717) is 19.4 Å². The Morgan fingerprint density at radius 2 is 1.84 bits per heavy atom. The number of rotatable bonds is 6. The van der Waals surface area contributed by atoms with Gasteiger partial charge < -0.3 is 15.1 Å². The van der Waals surface area contributed by atoms with E-state index in [1.807, 2.05) is 49.5 Å². The van der Waals surface area contributed by atoms with Gasteiger partial charge in [-0.05, 0) is 24.1 Å². The van der Waals surface area contributed by atoms with E-state index >= 15 is 0 Å². The molecule has 0 bridgehead atoms. The number of aryl methyl sites for hydroxylation is 2. The highest BCUT2D eigenvalue weighted by Gasteiger charge is 2.17. The number of nitrogens with two attached hydrogens (primary N) is 1. The first-order valence-electron chi connectivity index (χ1n) is 8.66. The minimum absolute atomic E-state index is 0.107. The molecule has 0 radical (unpaired) electrons. The maximum atomic E-state index is 12.5. The SMILES string of the molecule is CCc1oc2ccccc2c1CN(C)C(=O)CCc1ccccc1N. The molecule has 2 aromatic carbocycles. The van der Waals surface area contributed by atoms with Gasteiger partial charge in [-0.15, -0.1) is 0 Å². The minimum Gasteiger partial charge on any atom is -0.461 e. The first kappa shape index (κ1) is 17.1. The fourth-order valence-corrected chi connectivity index (χ4v) is 3.13. The molecule has 1 amide bonds. The zero-order chi connectivity index (χ0) is 17.8. The van der Waals surface area contributed by atoms with Crippen molar-refractivity contribution in [2.24, 2.45) is 0 Å². The zero-order valence-corrected chi connectivity index (χ0v) is 14.8. The van der Waals surface area contributed by atoms with Crippen LogP contribution in [0, 0.1) is 0 Å². The molecule has 0 saturated carbocycles. The maximum Gasteiger partial charge on any atom is 0.222 e. The highest BCUT2D eigenvalue weighted by atomic mass is 16.3. The number of hydrogen-bond donors (Lipinski definition) is 1. The Bertz CT molecular complexity index is 882. The Labute approximate surface area is 148 Å². The van der Waals surface area contributed by atoms with Crippen molar-refractivity contribution in [2.75, 3.05) is 12.8 Å².